The zero-order chi connectivity index (χ0) is 12.9. The summed E-state index contributed by atoms with van der Waals surface area (Å²) in [6.45, 7) is 3.84. The summed E-state index contributed by atoms with van der Waals surface area (Å²) in [5.41, 5.74) is -0.267. The normalized spacial score (nSPS) is 18.9. The van der Waals surface area contributed by atoms with E-state index in [9.17, 15) is 4.79 Å². The molecule has 0 aromatic rings. The van der Waals surface area contributed by atoms with E-state index in [4.69, 9.17) is 10.2 Å². The summed E-state index contributed by atoms with van der Waals surface area (Å²) < 4.78 is 0. The number of nitrogens with one attached hydrogen (secondary N) is 1. The van der Waals surface area contributed by atoms with Crippen LogP contribution in [0.15, 0.2) is 0 Å². The van der Waals surface area contributed by atoms with Gasteiger partial charge in [-0.2, -0.15) is 0 Å². The molecule has 0 radical (unpaired) electrons. The molecule has 3 N–H and O–H groups in total. The molecule has 0 atom stereocenters. The molecule has 1 saturated carbocycles. The van der Waals surface area contributed by atoms with Crippen LogP contribution in [0.4, 0.5) is 0 Å². The first-order valence-electron chi connectivity index (χ1n) is 6.57. The molecule has 17 heavy (non-hydrogen) atoms. The van der Waals surface area contributed by atoms with Crippen molar-refractivity contribution in [2.24, 2.45) is 11.3 Å². The van der Waals surface area contributed by atoms with Crippen LogP contribution in [0.1, 0.15) is 46.0 Å². The van der Waals surface area contributed by atoms with Gasteiger partial charge in [0.05, 0.1) is 19.3 Å². The number of carbonyl (C=O) groups excluding carboxylic acids is 1. The Morgan fingerprint density at radius 2 is 1.76 bits per heavy atom. The minimum absolute atomic E-state index is 0.0109. The maximum absolute atomic E-state index is 12.3. The van der Waals surface area contributed by atoms with Gasteiger partial charge in [0.15, 0.2) is 0 Å². The summed E-state index contributed by atoms with van der Waals surface area (Å²) in [5.74, 6) is 0.498. The number of hydrogen-bond acceptors (Lipinski definition) is 3. The van der Waals surface area contributed by atoms with E-state index in [0.717, 1.165) is 32.1 Å². The highest BCUT2D eigenvalue weighted by Crippen LogP contribution is 2.43. The van der Waals surface area contributed by atoms with E-state index in [-0.39, 0.29) is 24.5 Å². The Kier molecular flexibility index (Phi) is 5.40. The zero-order valence-electron chi connectivity index (χ0n) is 10.9. The van der Waals surface area contributed by atoms with Crippen LogP contribution in [0.3, 0.4) is 0 Å². The second-order valence-corrected chi connectivity index (χ2v) is 5.62. The standard InChI is InChI=1S/C13H25NO3/c1-10(2)7-13(5-3-4-6-13)12(17)14-11(8-15)9-16/h10-11,15-16H,3-9H2,1-2H3,(H,14,17). The Hall–Kier alpha value is -0.610. The predicted molar refractivity (Wildman–Crippen MR) is 66.5 cm³/mol. The summed E-state index contributed by atoms with van der Waals surface area (Å²) in [7, 11) is 0. The van der Waals surface area contributed by atoms with E-state index in [1.807, 2.05) is 0 Å². The van der Waals surface area contributed by atoms with Gasteiger partial charge in [-0.25, -0.2) is 0 Å². The Bertz CT molecular complexity index is 243. The number of rotatable bonds is 6. The summed E-state index contributed by atoms with van der Waals surface area (Å²) in [6, 6.07) is -0.521. The van der Waals surface area contributed by atoms with Gasteiger partial charge in [-0.15, -0.1) is 0 Å². The van der Waals surface area contributed by atoms with Gasteiger partial charge in [-0.1, -0.05) is 26.7 Å². The van der Waals surface area contributed by atoms with Crippen molar-refractivity contribution in [3.05, 3.63) is 0 Å². The van der Waals surface area contributed by atoms with Crippen molar-refractivity contribution in [3.8, 4) is 0 Å². The lowest BCUT2D eigenvalue weighted by Gasteiger charge is -2.31. The van der Waals surface area contributed by atoms with Crippen molar-refractivity contribution in [2.45, 2.75) is 52.0 Å². The van der Waals surface area contributed by atoms with Gasteiger partial charge in [0, 0.05) is 5.41 Å². The highest BCUT2D eigenvalue weighted by Gasteiger charge is 2.41. The van der Waals surface area contributed by atoms with Crippen molar-refractivity contribution in [1.29, 1.82) is 0 Å². The molecule has 4 nitrogen and oxygen atoms in total. The lowest BCUT2D eigenvalue weighted by Crippen LogP contribution is -2.47. The average molecular weight is 243 g/mol. The largest absolute Gasteiger partial charge is 0.394 e. The minimum atomic E-state index is -0.521. The van der Waals surface area contributed by atoms with Gasteiger partial charge >= 0.3 is 0 Å². The molecule has 0 unspecified atom stereocenters. The third kappa shape index (κ3) is 3.68. The smallest absolute Gasteiger partial charge is 0.226 e. The minimum Gasteiger partial charge on any atom is -0.394 e. The molecule has 0 saturated heterocycles. The third-order valence-corrected chi connectivity index (χ3v) is 3.62. The molecule has 0 bridgehead atoms. The topological polar surface area (TPSA) is 69.6 Å². The SMILES string of the molecule is CC(C)CC1(C(=O)NC(CO)CO)CCCC1. The summed E-state index contributed by atoms with van der Waals surface area (Å²) in [4.78, 5) is 12.3. The molecule has 1 amide bonds. The second-order valence-electron chi connectivity index (χ2n) is 5.62. The number of aliphatic hydroxyl groups excluding tert-OH is 2. The van der Waals surface area contributed by atoms with Crippen molar-refractivity contribution in [3.63, 3.8) is 0 Å². The summed E-state index contributed by atoms with van der Waals surface area (Å²) >= 11 is 0. The molecule has 100 valence electrons. The van der Waals surface area contributed by atoms with Crippen molar-refractivity contribution >= 4 is 5.91 Å². The molecular weight excluding hydrogens is 218 g/mol. The maximum Gasteiger partial charge on any atom is 0.226 e. The summed E-state index contributed by atoms with van der Waals surface area (Å²) in [6.07, 6.45) is 4.95. The van der Waals surface area contributed by atoms with Crippen LogP contribution in [0.2, 0.25) is 0 Å². The fourth-order valence-electron chi connectivity index (χ4n) is 2.84. The zero-order valence-corrected chi connectivity index (χ0v) is 10.9. The van der Waals surface area contributed by atoms with E-state index in [1.54, 1.807) is 0 Å². The van der Waals surface area contributed by atoms with Gasteiger partial charge in [0.2, 0.25) is 5.91 Å². The van der Waals surface area contributed by atoms with Crippen LogP contribution in [0.5, 0.6) is 0 Å². The van der Waals surface area contributed by atoms with Crippen LogP contribution in [-0.2, 0) is 4.79 Å². The van der Waals surface area contributed by atoms with E-state index >= 15 is 0 Å². The van der Waals surface area contributed by atoms with Crippen LogP contribution >= 0.6 is 0 Å². The Morgan fingerprint density at radius 1 is 1.24 bits per heavy atom. The van der Waals surface area contributed by atoms with Crippen LogP contribution in [0, 0.1) is 11.3 Å². The third-order valence-electron chi connectivity index (χ3n) is 3.62. The first-order valence-corrected chi connectivity index (χ1v) is 6.57. The van der Waals surface area contributed by atoms with Crippen molar-refractivity contribution in [1.82, 2.24) is 5.32 Å². The Balaban J connectivity index is 2.66. The molecule has 1 aliphatic rings. The quantitative estimate of drug-likeness (QED) is 0.653. The van der Waals surface area contributed by atoms with Gasteiger partial charge < -0.3 is 15.5 Å². The molecular formula is C13H25NO3. The number of amides is 1. The van der Waals surface area contributed by atoms with E-state index in [2.05, 4.69) is 19.2 Å². The fourth-order valence-corrected chi connectivity index (χ4v) is 2.84. The highest BCUT2D eigenvalue weighted by atomic mass is 16.3. The summed E-state index contributed by atoms with van der Waals surface area (Å²) in [5, 5.41) is 20.8. The molecule has 0 aliphatic heterocycles. The van der Waals surface area contributed by atoms with Gasteiger partial charge in [-0.3, -0.25) is 4.79 Å². The maximum atomic E-state index is 12.3. The Labute approximate surface area is 103 Å². The monoisotopic (exact) mass is 243 g/mol. The molecule has 1 rings (SSSR count). The van der Waals surface area contributed by atoms with Crippen molar-refractivity contribution in [2.75, 3.05) is 13.2 Å². The van der Waals surface area contributed by atoms with Gasteiger partial charge in [-0.05, 0) is 25.2 Å². The van der Waals surface area contributed by atoms with Gasteiger partial charge in [0.25, 0.3) is 0 Å². The number of aliphatic hydroxyl groups is 2. The molecule has 1 aliphatic carbocycles. The van der Waals surface area contributed by atoms with Crippen LogP contribution in [0.25, 0.3) is 0 Å². The van der Waals surface area contributed by atoms with E-state index in [1.165, 1.54) is 0 Å². The molecule has 0 heterocycles. The molecule has 0 aromatic carbocycles. The first kappa shape index (κ1) is 14.5. The lowest BCUT2D eigenvalue weighted by molar-refractivity contribution is -0.133. The fraction of sp³-hybridized carbons (Fsp3) is 0.923. The van der Waals surface area contributed by atoms with Crippen molar-refractivity contribution < 1.29 is 15.0 Å². The average Bonchev–Trinajstić information content (AvgIpc) is 2.74. The highest BCUT2D eigenvalue weighted by molar-refractivity contribution is 5.83. The van der Waals surface area contributed by atoms with E-state index < -0.39 is 6.04 Å². The molecule has 0 aromatic heterocycles. The number of carbonyl (C=O) groups is 1. The molecule has 0 spiro atoms. The van der Waals surface area contributed by atoms with Crippen LogP contribution < -0.4 is 5.32 Å². The first-order chi connectivity index (χ1) is 8.04. The van der Waals surface area contributed by atoms with Crippen LogP contribution in [-0.4, -0.2) is 35.4 Å². The number of hydrogen-bond donors (Lipinski definition) is 3. The van der Waals surface area contributed by atoms with Gasteiger partial charge in [0.1, 0.15) is 0 Å². The second kappa shape index (κ2) is 6.36. The lowest BCUT2D eigenvalue weighted by atomic mass is 9.77. The molecule has 4 heteroatoms. The molecule has 1 fully saturated rings. The Morgan fingerprint density at radius 3 is 2.18 bits per heavy atom. The predicted octanol–water partition coefficient (Wildman–Crippen LogP) is 1.06. The van der Waals surface area contributed by atoms with E-state index in [0.29, 0.717) is 5.92 Å².